The monoisotopic (exact) mass is 292 g/mol. The van der Waals surface area contributed by atoms with Crippen molar-refractivity contribution in [3.63, 3.8) is 0 Å². The lowest BCUT2D eigenvalue weighted by atomic mass is 10.2. The third kappa shape index (κ3) is 3.64. The maximum Gasteiger partial charge on any atom is 0.251 e. The Kier molecular flexibility index (Phi) is 5.01. The van der Waals surface area contributed by atoms with Gasteiger partial charge in [0.15, 0.2) is 0 Å². The second-order valence-corrected chi connectivity index (χ2v) is 5.43. The van der Waals surface area contributed by atoms with Crippen LogP contribution in [0.25, 0.3) is 0 Å². The van der Waals surface area contributed by atoms with E-state index < -0.39 is 0 Å². The molecule has 1 aliphatic rings. The van der Waals surface area contributed by atoms with Gasteiger partial charge < -0.3 is 15.2 Å². The van der Waals surface area contributed by atoms with E-state index in [1.54, 1.807) is 6.07 Å². The smallest absolute Gasteiger partial charge is 0.251 e. The number of pyridine rings is 1. The minimum Gasteiger partial charge on any atom is -0.398 e. The summed E-state index contributed by atoms with van der Waals surface area (Å²) in [5.74, 6) is -0.0163. The van der Waals surface area contributed by atoms with Gasteiger partial charge in [0, 0.05) is 37.1 Å². The van der Waals surface area contributed by atoms with Crippen LogP contribution >= 0.6 is 0 Å². The summed E-state index contributed by atoms with van der Waals surface area (Å²) in [6.45, 7) is 7.85. The molecule has 2 heterocycles. The quantitative estimate of drug-likeness (QED) is 0.851. The molecule has 1 amide bonds. The largest absolute Gasteiger partial charge is 0.398 e. The van der Waals surface area contributed by atoms with E-state index in [4.69, 9.17) is 5.73 Å². The summed E-state index contributed by atoms with van der Waals surface area (Å²) < 4.78 is 1.38. The molecule has 21 heavy (non-hydrogen) atoms. The van der Waals surface area contributed by atoms with Crippen LogP contribution < -0.4 is 11.3 Å². The van der Waals surface area contributed by atoms with Crippen LogP contribution in [0.5, 0.6) is 0 Å². The topological polar surface area (TPSA) is 71.6 Å². The third-order valence-electron chi connectivity index (χ3n) is 4.16. The first-order chi connectivity index (χ1) is 10.0. The fourth-order valence-corrected chi connectivity index (χ4v) is 2.93. The Morgan fingerprint density at radius 2 is 2.10 bits per heavy atom. The number of amides is 1. The summed E-state index contributed by atoms with van der Waals surface area (Å²) in [5.41, 5.74) is 5.96. The SMILES string of the molecule is CCN(CC)C1CCN(C(=O)Cn2cc(N)ccc2=O)C1. The molecule has 1 fully saturated rings. The van der Waals surface area contributed by atoms with Crippen LogP contribution in [-0.2, 0) is 11.3 Å². The number of rotatable bonds is 5. The molecule has 2 rings (SSSR count). The van der Waals surface area contributed by atoms with Crippen LogP contribution in [-0.4, -0.2) is 52.5 Å². The van der Waals surface area contributed by atoms with Crippen LogP contribution in [0.2, 0.25) is 0 Å². The highest BCUT2D eigenvalue weighted by Crippen LogP contribution is 2.15. The standard InChI is InChI=1S/C15H24N4O2/c1-3-17(4-2)13-7-8-18(10-13)15(21)11-19-9-12(16)5-6-14(19)20/h5-6,9,13H,3-4,7-8,10-11,16H2,1-2H3. The van der Waals surface area contributed by atoms with Gasteiger partial charge >= 0.3 is 0 Å². The number of likely N-dealkylation sites (N-methyl/N-ethyl adjacent to an activating group) is 1. The predicted octanol–water partition coefficient (Wildman–Crippen LogP) is 0.373. The van der Waals surface area contributed by atoms with E-state index in [-0.39, 0.29) is 18.0 Å². The van der Waals surface area contributed by atoms with Crippen molar-refractivity contribution in [2.24, 2.45) is 0 Å². The minimum absolute atomic E-state index is 0.0163. The zero-order chi connectivity index (χ0) is 15.4. The average molecular weight is 292 g/mol. The van der Waals surface area contributed by atoms with Crippen LogP contribution in [0.4, 0.5) is 5.69 Å². The van der Waals surface area contributed by atoms with Gasteiger partial charge in [0.2, 0.25) is 5.91 Å². The van der Waals surface area contributed by atoms with Crippen molar-refractivity contribution in [1.82, 2.24) is 14.4 Å². The maximum atomic E-state index is 12.3. The Labute approximate surface area is 125 Å². The van der Waals surface area contributed by atoms with E-state index in [1.165, 1.54) is 16.8 Å². The number of carbonyl (C=O) groups is 1. The normalized spacial score (nSPS) is 18.4. The lowest BCUT2D eigenvalue weighted by Gasteiger charge is -2.26. The van der Waals surface area contributed by atoms with Crippen molar-refractivity contribution in [2.75, 3.05) is 31.9 Å². The Hall–Kier alpha value is -1.82. The lowest BCUT2D eigenvalue weighted by molar-refractivity contribution is -0.131. The van der Waals surface area contributed by atoms with Crippen LogP contribution in [0.1, 0.15) is 20.3 Å². The van der Waals surface area contributed by atoms with Crippen LogP contribution in [0, 0.1) is 0 Å². The van der Waals surface area contributed by atoms with Gasteiger partial charge in [0.05, 0.1) is 0 Å². The van der Waals surface area contributed by atoms with Gasteiger partial charge in [0.1, 0.15) is 6.54 Å². The van der Waals surface area contributed by atoms with Crippen molar-refractivity contribution in [2.45, 2.75) is 32.9 Å². The first-order valence-corrected chi connectivity index (χ1v) is 7.53. The zero-order valence-electron chi connectivity index (χ0n) is 12.8. The van der Waals surface area contributed by atoms with Gasteiger partial charge in [-0.1, -0.05) is 13.8 Å². The Morgan fingerprint density at radius 3 is 2.76 bits per heavy atom. The summed E-state index contributed by atoms with van der Waals surface area (Å²) in [5, 5.41) is 0. The molecule has 1 aromatic heterocycles. The van der Waals surface area contributed by atoms with E-state index in [0.29, 0.717) is 11.7 Å². The Balaban J connectivity index is 1.99. The average Bonchev–Trinajstić information content (AvgIpc) is 2.94. The van der Waals surface area contributed by atoms with E-state index in [1.807, 2.05) is 4.90 Å². The molecule has 0 aliphatic carbocycles. The van der Waals surface area contributed by atoms with Crippen molar-refractivity contribution in [1.29, 1.82) is 0 Å². The Bertz CT molecular complexity index is 551. The molecule has 6 nitrogen and oxygen atoms in total. The molecule has 0 saturated carbocycles. The fourth-order valence-electron chi connectivity index (χ4n) is 2.93. The molecule has 1 saturated heterocycles. The maximum absolute atomic E-state index is 12.3. The fraction of sp³-hybridized carbons (Fsp3) is 0.600. The van der Waals surface area contributed by atoms with Gasteiger partial charge in [0.25, 0.3) is 5.56 Å². The zero-order valence-corrected chi connectivity index (χ0v) is 12.8. The second kappa shape index (κ2) is 6.76. The molecule has 0 spiro atoms. The van der Waals surface area contributed by atoms with Crippen LogP contribution in [0.15, 0.2) is 23.1 Å². The molecule has 0 bridgehead atoms. The molecule has 1 unspecified atom stereocenters. The molecular formula is C15H24N4O2. The van der Waals surface area contributed by atoms with Gasteiger partial charge in [-0.3, -0.25) is 14.5 Å². The molecule has 2 N–H and O–H groups in total. The number of anilines is 1. The van der Waals surface area contributed by atoms with Gasteiger partial charge in [-0.25, -0.2) is 0 Å². The molecule has 1 aromatic rings. The lowest BCUT2D eigenvalue weighted by Crippen LogP contribution is -2.40. The number of aromatic nitrogens is 1. The summed E-state index contributed by atoms with van der Waals surface area (Å²) in [6.07, 6.45) is 2.53. The molecular weight excluding hydrogens is 268 g/mol. The molecule has 1 aliphatic heterocycles. The number of nitrogens with zero attached hydrogens (tertiary/aromatic N) is 3. The number of carbonyl (C=O) groups excluding carboxylic acids is 1. The highest BCUT2D eigenvalue weighted by molar-refractivity contribution is 5.76. The number of likely N-dealkylation sites (tertiary alicyclic amines) is 1. The number of nitrogens with two attached hydrogens (primary N) is 1. The predicted molar refractivity (Wildman–Crippen MR) is 83.0 cm³/mol. The highest BCUT2D eigenvalue weighted by atomic mass is 16.2. The second-order valence-electron chi connectivity index (χ2n) is 5.43. The first-order valence-electron chi connectivity index (χ1n) is 7.53. The first kappa shape index (κ1) is 15.6. The van der Waals surface area contributed by atoms with E-state index in [2.05, 4.69) is 18.7 Å². The van der Waals surface area contributed by atoms with Gasteiger partial charge in [-0.2, -0.15) is 0 Å². The van der Waals surface area contributed by atoms with Gasteiger partial charge in [-0.15, -0.1) is 0 Å². The van der Waals surface area contributed by atoms with Gasteiger partial charge in [-0.05, 0) is 25.6 Å². The van der Waals surface area contributed by atoms with E-state index >= 15 is 0 Å². The number of hydrogen-bond donors (Lipinski definition) is 1. The van der Waals surface area contributed by atoms with Crippen molar-refractivity contribution < 1.29 is 4.79 Å². The van der Waals surface area contributed by atoms with Crippen molar-refractivity contribution >= 4 is 11.6 Å². The molecule has 6 heteroatoms. The minimum atomic E-state index is -0.197. The highest BCUT2D eigenvalue weighted by Gasteiger charge is 2.29. The molecule has 1 atom stereocenters. The van der Waals surface area contributed by atoms with Crippen molar-refractivity contribution in [3.8, 4) is 0 Å². The summed E-state index contributed by atoms with van der Waals surface area (Å²) >= 11 is 0. The molecule has 0 aromatic carbocycles. The summed E-state index contributed by atoms with van der Waals surface area (Å²) in [4.78, 5) is 28.3. The van der Waals surface area contributed by atoms with E-state index in [9.17, 15) is 9.59 Å². The van der Waals surface area contributed by atoms with Crippen molar-refractivity contribution in [3.05, 3.63) is 28.7 Å². The summed E-state index contributed by atoms with van der Waals surface area (Å²) in [7, 11) is 0. The van der Waals surface area contributed by atoms with E-state index in [0.717, 1.165) is 32.6 Å². The Morgan fingerprint density at radius 1 is 1.38 bits per heavy atom. The number of nitrogen functional groups attached to an aromatic ring is 1. The molecule has 0 radical (unpaired) electrons. The number of hydrogen-bond acceptors (Lipinski definition) is 4. The third-order valence-corrected chi connectivity index (χ3v) is 4.16. The molecule has 116 valence electrons. The van der Waals surface area contributed by atoms with Crippen LogP contribution in [0.3, 0.4) is 0 Å². The summed E-state index contributed by atoms with van der Waals surface area (Å²) in [6, 6.07) is 3.38.